The number of hydrogen-bond donors (Lipinski definition) is 3. The number of amides is 3. The maximum Gasteiger partial charge on any atom is 0.328 e. The minimum absolute atomic E-state index is 0.166. The van der Waals surface area contributed by atoms with Gasteiger partial charge in [-0.25, -0.2) is 4.68 Å². The average Bonchev–Trinajstić information content (AvgIpc) is 3.18. The van der Waals surface area contributed by atoms with E-state index in [-0.39, 0.29) is 5.69 Å². The number of aromatic nitrogens is 1. The summed E-state index contributed by atoms with van der Waals surface area (Å²) < 4.78 is 7.21. The maximum atomic E-state index is 13.1. The first-order chi connectivity index (χ1) is 16.3. The number of halogens is 1. The van der Waals surface area contributed by atoms with Crippen molar-refractivity contribution < 1.29 is 19.1 Å². The molecule has 0 spiro atoms. The van der Waals surface area contributed by atoms with Gasteiger partial charge in [-0.3, -0.25) is 19.8 Å². The molecule has 0 aliphatic heterocycles. The van der Waals surface area contributed by atoms with E-state index in [4.69, 9.17) is 4.74 Å². The number of aryl methyl sites for hydroxylation is 1. The molecule has 0 aliphatic carbocycles. The van der Waals surface area contributed by atoms with Crippen LogP contribution in [0.25, 0.3) is 10.9 Å². The number of ether oxygens (including phenoxy) is 1. The van der Waals surface area contributed by atoms with Crippen LogP contribution in [-0.2, 0) is 9.59 Å². The molecule has 34 heavy (non-hydrogen) atoms. The Balaban J connectivity index is 1.59. The minimum atomic E-state index is -0.930. The minimum Gasteiger partial charge on any atom is -0.497 e. The molecule has 0 saturated carbocycles. The molecular weight excluding hydrogens is 500 g/mol. The first-order valence-electron chi connectivity index (χ1n) is 10.3. The van der Waals surface area contributed by atoms with Crippen LogP contribution in [0, 0.1) is 6.92 Å². The highest BCUT2D eigenvalue weighted by Gasteiger charge is 2.21. The summed E-state index contributed by atoms with van der Waals surface area (Å²) in [6.45, 7) is 1.95. The summed E-state index contributed by atoms with van der Waals surface area (Å²) >= 11 is 3.41. The van der Waals surface area contributed by atoms with Crippen LogP contribution in [0.2, 0.25) is 0 Å². The highest BCUT2D eigenvalue weighted by Crippen LogP contribution is 2.24. The Bertz CT molecular complexity index is 1380. The molecule has 0 fully saturated rings. The quantitative estimate of drug-likeness (QED) is 0.332. The van der Waals surface area contributed by atoms with Gasteiger partial charge in [0.25, 0.3) is 5.91 Å². The average molecular weight is 521 g/mol. The Kier molecular flexibility index (Phi) is 6.65. The van der Waals surface area contributed by atoms with Crippen LogP contribution >= 0.6 is 15.9 Å². The summed E-state index contributed by atoms with van der Waals surface area (Å²) in [7, 11) is 1.54. The van der Waals surface area contributed by atoms with E-state index in [1.165, 1.54) is 11.8 Å². The molecule has 3 N–H and O–H groups in total. The molecule has 3 amide bonds. The van der Waals surface area contributed by atoms with Gasteiger partial charge in [0, 0.05) is 21.2 Å². The smallest absolute Gasteiger partial charge is 0.328 e. The van der Waals surface area contributed by atoms with E-state index in [0.29, 0.717) is 28.0 Å². The largest absolute Gasteiger partial charge is 0.497 e. The zero-order chi connectivity index (χ0) is 24.2. The van der Waals surface area contributed by atoms with E-state index in [1.54, 1.807) is 54.6 Å². The fourth-order valence-corrected chi connectivity index (χ4v) is 3.70. The Morgan fingerprint density at radius 2 is 1.47 bits per heavy atom. The van der Waals surface area contributed by atoms with E-state index in [1.807, 2.05) is 25.1 Å². The molecule has 9 heteroatoms. The van der Waals surface area contributed by atoms with Crippen molar-refractivity contribution in [1.82, 2.24) is 4.68 Å². The van der Waals surface area contributed by atoms with E-state index in [2.05, 4.69) is 32.0 Å². The molecule has 8 nitrogen and oxygen atoms in total. The zero-order valence-electron chi connectivity index (χ0n) is 18.4. The van der Waals surface area contributed by atoms with Gasteiger partial charge in [0.2, 0.25) is 0 Å². The van der Waals surface area contributed by atoms with Gasteiger partial charge in [-0.1, -0.05) is 33.6 Å². The van der Waals surface area contributed by atoms with Gasteiger partial charge < -0.3 is 15.4 Å². The van der Waals surface area contributed by atoms with Gasteiger partial charge in [0.15, 0.2) is 0 Å². The van der Waals surface area contributed by atoms with Crippen molar-refractivity contribution in [3.63, 3.8) is 0 Å². The second-order valence-electron chi connectivity index (χ2n) is 7.51. The highest BCUT2D eigenvalue weighted by molar-refractivity contribution is 9.10. The lowest BCUT2D eigenvalue weighted by Crippen LogP contribution is -2.36. The first-order valence-corrected chi connectivity index (χ1v) is 11.1. The number of carbonyl (C=O) groups excluding carboxylic acids is 3. The number of benzene rings is 3. The zero-order valence-corrected chi connectivity index (χ0v) is 20.0. The molecule has 172 valence electrons. The van der Waals surface area contributed by atoms with Crippen LogP contribution < -0.4 is 20.8 Å². The van der Waals surface area contributed by atoms with Crippen molar-refractivity contribution in [3.05, 3.63) is 88.5 Å². The van der Waals surface area contributed by atoms with Crippen LogP contribution in [0.1, 0.15) is 16.1 Å². The summed E-state index contributed by atoms with van der Waals surface area (Å²) in [5.41, 5.74) is 5.36. The van der Waals surface area contributed by atoms with Gasteiger partial charge in [0.05, 0.1) is 12.6 Å². The number of nitrogens with zero attached hydrogens (tertiary/aromatic N) is 1. The van der Waals surface area contributed by atoms with Crippen molar-refractivity contribution in [3.8, 4) is 5.75 Å². The Morgan fingerprint density at radius 1 is 0.824 bits per heavy atom. The number of anilines is 2. The third kappa shape index (κ3) is 5.10. The van der Waals surface area contributed by atoms with Gasteiger partial charge in [0.1, 0.15) is 11.4 Å². The van der Waals surface area contributed by atoms with Crippen LogP contribution in [0.3, 0.4) is 0 Å². The van der Waals surface area contributed by atoms with Crippen molar-refractivity contribution in [2.24, 2.45) is 0 Å². The number of rotatable bonds is 5. The maximum absolute atomic E-state index is 13.1. The summed E-state index contributed by atoms with van der Waals surface area (Å²) in [5, 5.41) is 6.06. The topological polar surface area (TPSA) is 101 Å². The molecule has 0 radical (unpaired) electrons. The van der Waals surface area contributed by atoms with E-state index >= 15 is 0 Å². The van der Waals surface area contributed by atoms with Crippen LogP contribution in [0.5, 0.6) is 5.75 Å². The third-order valence-electron chi connectivity index (χ3n) is 5.07. The lowest BCUT2D eigenvalue weighted by molar-refractivity contribution is -0.133. The Hall–Kier alpha value is -4.11. The SMILES string of the molecule is COc1ccc(NC(=O)C(=O)Nn2c(C(=O)Nc3ccc(C)cc3)cc3cc(Br)ccc32)cc1. The van der Waals surface area contributed by atoms with Gasteiger partial charge >= 0.3 is 11.8 Å². The lowest BCUT2D eigenvalue weighted by Gasteiger charge is -2.13. The molecule has 1 aromatic heterocycles. The Labute approximate surface area is 204 Å². The molecule has 0 aliphatic rings. The number of fused-ring (bicyclic) bond motifs is 1. The monoisotopic (exact) mass is 520 g/mol. The van der Waals surface area contributed by atoms with Gasteiger partial charge in [-0.2, -0.15) is 0 Å². The standard InChI is InChI=1S/C25H21BrN4O4/c1-15-3-6-18(7-4-15)27-23(31)22-14-16-13-17(26)5-12-21(16)30(22)29-25(33)24(32)28-19-8-10-20(34-2)11-9-19/h3-14H,1-2H3,(H,27,31)(H,28,32)(H,29,33). The van der Waals surface area contributed by atoms with Gasteiger partial charge in [-0.05, 0) is 67.6 Å². The molecule has 3 aromatic carbocycles. The van der Waals surface area contributed by atoms with Crippen LogP contribution in [0.4, 0.5) is 11.4 Å². The molecule has 4 rings (SSSR count). The molecule has 4 aromatic rings. The summed E-state index contributed by atoms with van der Waals surface area (Å²) in [4.78, 5) is 38.3. The summed E-state index contributed by atoms with van der Waals surface area (Å²) in [6, 6.07) is 20.9. The second-order valence-corrected chi connectivity index (χ2v) is 8.43. The fraction of sp³-hybridized carbons (Fsp3) is 0.0800. The fourth-order valence-electron chi connectivity index (χ4n) is 3.32. The van der Waals surface area contributed by atoms with E-state index < -0.39 is 17.7 Å². The summed E-state index contributed by atoms with van der Waals surface area (Å²) in [5.74, 6) is -1.63. The predicted octanol–water partition coefficient (Wildman–Crippen LogP) is 4.68. The highest BCUT2D eigenvalue weighted by atomic mass is 79.9. The molecular formula is C25H21BrN4O4. The molecule has 0 saturated heterocycles. The van der Waals surface area contributed by atoms with Crippen molar-refractivity contribution >= 4 is 55.9 Å². The van der Waals surface area contributed by atoms with Gasteiger partial charge in [-0.15, -0.1) is 0 Å². The van der Waals surface area contributed by atoms with E-state index in [0.717, 1.165) is 10.0 Å². The van der Waals surface area contributed by atoms with Crippen molar-refractivity contribution in [2.45, 2.75) is 6.92 Å². The van der Waals surface area contributed by atoms with Crippen LogP contribution in [0.15, 0.2) is 77.3 Å². The third-order valence-corrected chi connectivity index (χ3v) is 5.57. The molecule has 0 atom stereocenters. The number of hydrogen-bond acceptors (Lipinski definition) is 4. The van der Waals surface area contributed by atoms with E-state index in [9.17, 15) is 14.4 Å². The van der Waals surface area contributed by atoms with Crippen molar-refractivity contribution in [1.29, 1.82) is 0 Å². The van der Waals surface area contributed by atoms with Crippen LogP contribution in [-0.4, -0.2) is 29.5 Å². The Morgan fingerprint density at radius 3 is 2.15 bits per heavy atom. The molecule has 0 unspecified atom stereocenters. The van der Waals surface area contributed by atoms with Crippen molar-refractivity contribution in [2.75, 3.05) is 23.2 Å². The second kappa shape index (κ2) is 9.80. The predicted molar refractivity (Wildman–Crippen MR) is 135 cm³/mol. The molecule has 1 heterocycles. The first kappa shape index (κ1) is 23.1. The number of methoxy groups -OCH3 is 1. The summed E-state index contributed by atoms with van der Waals surface area (Å²) in [6.07, 6.45) is 0. The number of carbonyl (C=O) groups is 3. The number of nitrogens with one attached hydrogen (secondary N) is 3. The normalized spacial score (nSPS) is 10.6. The lowest BCUT2D eigenvalue weighted by atomic mass is 10.2. The molecule has 0 bridgehead atoms.